The first-order chi connectivity index (χ1) is 12.5. The van der Waals surface area contributed by atoms with E-state index >= 15 is 0 Å². The first-order valence-electron chi connectivity index (χ1n) is 7.57. The number of anilines is 3. The lowest BCUT2D eigenvalue weighted by Gasteiger charge is -2.08. The summed E-state index contributed by atoms with van der Waals surface area (Å²) in [4.78, 5) is 31.3. The van der Waals surface area contributed by atoms with E-state index in [0.717, 1.165) is 0 Å². The first-order valence-corrected chi connectivity index (χ1v) is 7.57. The third kappa shape index (κ3) is 4.18. The van der Waals surface area contributed by atoms with Crippen LogP contribution in [0.4, 0.5) is 21.6 Å². The largest absolute Gasteiger partial charge is 0.366 e. The summed E-state index contributed by atoms with van der Waals surface area (Å²) in [5, 5.41) is 5.63. The van der Waals surface area contributed by atoms with Crippen molar-refractivity contribution in [2.75, 3.05) is 10.6 Å². The average Bonchev–Trinajstić information content (AvgIpc) is 2.64. The number of hydrogen-bond acceptors (Lipinski definition) is 5. The molecule has 26 heavy (non-hydrogen) atoms. The second kappa shape index (κ2) is 7.39. The van der Waals surface area contributed by atoms with Gasteiger partial charge in [0, 0.05) is 23.0 Å². The summed E-state index contributed by atoms with van der Waals surface area (Å²) in [6.07, 6.45) is 1.25. The Kier molecular flexibility index (Phi) is 4.84. The molecule has 0 unspecified atom stereocenters. The van der Waals surface area contributed by atoms with Crippen LogP contribution >= 0.6 is 0 Å². The molecule has 3 aromatic rings. The first kappa shape index (κ1) is 17.0. The summed E-state index contributed by atoms with van der Waals surface area (Å²) < 4.78 is 12.9. The van der Waals surface area contributed by atoms with Crippen LogP contribution in [0.3, 0.4) is 0 Å². The van der Waals surface area contributed by atoms with E-state index in [1.165, 1.54) is 36.7 Å². The molecule has 0 aliphatic heterocycles. The van der Waals surface area contributed by atoms with Crippen molar-refractivity contribution in [3.63, 3.8) is 0 Å². The average molecular weight is 351 g/mol. The van der Waals surface area contributed by atoms with Crippen LogP contribution in [0.15, 0.2) is 60.9 Å². The fraction of sp³-hybridized carbons (Fsp3) is 0. The molecular formula is C18H14FN5O2. The minimum atomic E-state index is -0.515. The summed E-state index contributed by atoms with van der Waals surface area (Å²) in [5.41, 5.74) is 6.84. The fourth-order valence-corrected chi connectivity index (χ4v) is 2.14. The van der Waals surface area contributed by atoms with Crippen LogP contribution in [-0.2, 0) is 0 Å². The number of nitrogens with one attached hydrogen (secondary N) is 2. The Hall–Kier alpha value is -3.81. The predicted molar refractivity (Wildman–Crippen MR) is 94.6 cm³/mol. The molecular weight excluding hydrogens is 337 g/mol. The molecule has 2 aromatic carbocycles. The van der Waals surface area contributed by atoms with Gasteiger partial charge in [-0.2, -0.15) is 0 Å². The van der Waals surface area contributed by atoms with Gasteiger partial charge in [0.15, 0.2) is 0 Å². The number of hydrogen-bond donors (Lipinski definition) is 3. The van der Waals surface area contributed by atoms with Gasteiger partial charge < -0.3 is 16.4 Å². The fourth-order valence-electron chi connectivity index (χ4n) is 2.14. The Bertz CT molecular complexity index is 943. The molecule has 0 aliphatic carbocycles. The third-order valence-electron chi connectivity index (χ3n) is 3.44. The molecule has 1 heterocycles. The van der Waals surface area contributed by atoms with Gasteiger partial charge in [0.1, 0.15) is 23.7 Å². The topological polar surface area (TPSA) is 110 Å². The maximum absolute atomic E-state index is 12.9. The van der Waals surface area contributed by atoms with E-state index in [-0.39, 0.29) is 11.5 Å². The lowest BCUT2D eigenvalue weighted by molar-refractivity contribution is 0.0997. The Morgan fingerprint density at radius 1 is 0.923 bits per heavy atom. The number of aromatic nitrogens is 2. The SMILES string of the molecule is NC(=O)c1ccc(Nc2cc(C(=O)Nc3ccc(F)cc3)ncn2)cc1. The molecule has 0 spiro atoms. The Balaban J connectivity index is 1.72. The zero-order valence-electron chi connectivity index (χ0n) is 13.4. The molecule has 0 radical (unpaired) electrons. The predicted octanol–water partition coefficient (Wildman–Crippen LogP) is 2.71. The quantitative estimate of drug-likeness (QED) is 0.655. The second-order valence-electron chi connectivity index (χ2n) is 5.32. The number of carbonyl (C=O) groups excluding carboxylic acids is 2. The zero-order chi connectivity index (χ0) is 18.5. The standard InChI is InChI=1S/C18H14FN5O2/c19-12-3-7-14(8-4-12)24-18(26)15-9-16(22-10-21-15)23-13-5-1-11(2-6-13)17(20)25/h1-10H,(H2,20,25)(H,24,26)(H,21,22,23). The van der Waals surface area contributed by atoms with Gasteiger partial charge in [-0.15, -0.1) is 0 Å². The van der Waals surface area contributed by atoms with E-state index in [2.05, 4.69) is 20.6 Å². The van der Waals surface area contributed by atoms with E-state index in [1.807, 2.05) is 0 Å². The van der Waals surface area contributed by atoms with E-state index in [9.17, 15) is 14.0 Å². The minimum Gasteiger partial charge on any atom is -0.366 e. The molecule has 0 aliphatic rings. The highest BCUT2D eigenvalue weighted by Gasteiger charge is 2.10. The van der Waals surface area contributed by atoms with Gasteiger partial charge in [0.05, 0.1) is 0 Å². The molecule has 130 valence electrons. The molecule has 0 bridgehead atoms. The van der Waals surface area contributed by atoms with Gasteiger partial charge in [0.2, 0.25) is 5.91 Å². The summed E-state index contributed by atoms with van der Waals surface area (Å²) in [7, 11) is 0. The van der Waals surface area contributed by atoms with Crippen LogP contribution in [0.1, 0.15) is 20.8 Å². The highest BCUT2D eigenvalue weighted by atomic mass is 19.1. The van der Waals surface area contributed by atoms with Gasteiger partial charge >= 0.3 is 0 Å². The Morgan fingerprint density at radius 3 is 2.23 bits per heavy atom. The van der Waals surface area contributed by atoms with Crippen LogP contribution in [0.25, 0.3) is 0 Å². The van der Waals surface area contributed by atoms with Gasteiger partial charge in [0.25, 0.3) is 5.91 Å². The monoisotopic (exact) mass is 351 g/mol. The highest BCUT2D eigenvalue weighted by molar-refractivity contribution is 6.03. The molecule has 4 N–H and O–H groups in total. The van der Waals surface area contributed by atoms with Gasteiger partial charge in [-0.25, -0.2) is 14.4 Å². The maximum atomic E-state index is 12.9. The van der Waals surface area contributed by atoms with Crippen LogP contribution in [0.5, 0.6) is 0 Å². The van der Waals surface area contributed by atoms with Crippen LogP contribution < -0.4 is 16.4 Å². The molecule has 0 atom stereocenters. The van der Waals surface area contributed by atoms with Crippen molar-refractivity contribution in [1.29, 1.82) is 0 Å². The number of nitrogens with zero attached hydrogens (tertiary/aromatic N) is 2. The number of carbonyl (C=O) groups is 2. The van der Waals surface area contributed by atoms with Gasteiger partial charge in [-0.05, 0) is 48.5 Å². The van der Waals surface area contributed by atoms with Crippen molar-refractivity contribution in [3.05, 3.63) is 78.0 Å². The number of nitrogens with two attached hydrogens (primary N) is 1. The van der Waals surface area contributed by atoms with Crippen molar-refractivity contribution in [2.24, 2.45) is 5.73 Å². The van der Waals surface area contributed by atoms with Crippen LogP contribution in [0, 0.1) is 5.82 Å². The molecule has 2 amide bonds. The lowest BCUT2D eigenvalue weighted by atomic mass is 10.2. The van der Waals surface area contributed by atoms with Gasteiger partial charge in [-0.3, -0.25) is 9.59 Å². The van der Waals surface area contributed by atoms with Crippen molar-refractivity contribution < 1.29 is 14.0 Å². The highest BCUT2D eigenvalue weighted by Crippen LogP contribution is 2.16. The zero-order valence-corrected chi connectivity index (χ0v) is 13.4. The number of rotatable bonds is 5. The molecule has 3 rings (SSSR count). The molecule has 1 aromatic heterocycles. The summed E-state index contributed by atoms with van der Waals surface area (Å²) in [6.45, 7) is 0. The van der Waals surface area contributed by atoms with Crippen molar-refractivity contribution >= 4 is 29.0 Å². The molecule has 0 saturated carbocycles. The van der Waals surface area contributed by atoms with E-state index < -0.39 is 11.8 Å². The molecule has 0 fully saturated rings. The lowest BCUT2D eigenvalue weighted by Crippen LogP contribution is -2.14. The number of halogens is 1. The second-order valence-corrected chi connectivity index (χ2v) is 5.32. The van der Waals surface area contributed by atoms with Crippen molar-refractivity contribution in [3.8, 4) is 0 Å². The van der Waals surface area contributed by atoms with E-state index in [4.69, 9.17) is 5.73 Å². The molecule has 7 nitrogen and oxygen atoms in total. The van der Waals surface area contributed by atoms with Gasteiger partial charge in [-0.1, -0.05) is 0 Å². The minimum absolute atomic E-state index is 0.139. The Morgan fingerprint density at radius 2 is 1.58 bits per heavy atom. The van der Waals surface area contributed by atoms with Crippen LogP contribution in [-0.4, -0.2) is 21.8 Å². The molecule has 0 saturated heterocycles. The summed E-state index contributed by atoms with van der Waals surface area (Å²) >= 11 is 0. The molecule has 8 heteroatoms. The summed E-state index contributed by atoms with van der Waals surface area (Å²) in [6, 6.07) is 13.4. The maximum Gasteiger partial charge on any atom is 0.274 e. The van der Waals surface area contributed by atoms with Crippen molar-refractivity contribution in [2.45, 2.75) is 0 Å². The number of primary amides is 1. The number of amides is 2. The smallest absolute Gasteiger partial charge is 0.274 e. The van der Waals surface area contributed by atoms with Crippen LogP contribution in [0.2, 0.25) is 0 Å². The normalized spacial score (nSPS) is 10.2. The summed E-state index contributed by atoms with van der Waals surface area (Å²) in [5.74, 6) is -0.959. The number of benzene rings is 2. The third-order valence-corrected chi connectivity index (χ3v) is 3.44. The van der Waals surface area contributed by atoms with E-state index in [1.54, 1.807) is 24.3 Å². The van der Waals surface area contributed by atoms with Crippen molar-refractivity contribution in [1.82, 2.24) is 9.97 Å². The van der Waals surface area contributed by atoms with E-state index in [0.29, 0.717) is 22.8 Å². The Labute approximate surface area is 148 Å².